The van der Waals surface area contributed by atoms with E-state index in [1.165, 1.54) is 0 Å². The molecule has 0 aliphatic rings. The second kappa shape index (κ2) is 10.9. The molecule has 158 valence electrons. The summed E-state index contributed by atoms with van der Waals surface area (Å²) in [5.41, 5.74) is 1.44. The van der Waals surface area contributed by atoms with E-state index < -0.39 is 17.7 Å². The lowest BCUT2D eigenvalue weighted by Gasteiger charge is -2.24. The molecular weight excluding hydrogens is 504 g/mol. The monoisotopic (exact) mass is 528 g/mol. The summed E-state index contributed by atoms with van der Waals surface area (Å²) in [7, 11) is 0. The van der Waals surface area contributed by atoms with Gasteiger partial charge in [0.25, 0.3) is 0 Å². The molecule has 1 aromatic heterocycles. The molecule has 0 saturated carbocycles. The highest BCUT2D eigenvalue weighted by Crippen LogP contribution is 2.28. The predicted molar refractivity (Wildman–Crippen MR) is 119 cm³/mol. The summed E-state index contributed by atoms with van der Waals surface area (Å²) in [5, 5.41) is 2.78. The molecule has 0 radical (unpaired) electrons. The van der Waals surface area contributed by atoms with Crippen molar-refractivity contribution in [2.45, 2.75) is 45.9 Å². The molecule has 0 saturated heterocycles. The van der Waals surface area contributed by atoms with Crippen LogP contribution in [0.4, 0.5) is 4.79 Å². The molecule has 1 aromatic carbocycles. The molecule has 1 N–H and O–H groups in total. The van der Waals surface area contributed by atoms with Crippen LogP contribution in [0.3, 0.4) is 0 Å². The number of carbonyl (C=O) groups is 1. The number of hydrogen-bond donors (Lipinski definition) is 1. The van der Waals surface area contributed by atoms with Gasteiger partial charge in [-0.15, -0.1) is 0 Å². The van der Waals surface area contributed by atoms with Gasteiger partial charge in [0.15, 0.2) is 6.10 Å². The molecule has 0 unspecified atom stereocenters. The molecular formula is C21H26Br2N2O4. The Balaban J connectivity index is 1.99. The van der Waals surface area contributed by atoms with Gasteiger partial charge in [-0.3, -0.25) is 0 Å². The van der Waals surface area contributed by atoms with Crippen molar-refractivity contribution in [1.29, 1.82) is 0 Å². The van der Waals surface area contributed by atoms with Crippen LogP contribution in [0.1, 0.15) is 32.0 Å². The zero-order chi connectivity index (χ0) is 21.4. The Labute approximate surface area is 188 Å². The largest absolute Gasteiger partial charge is 0.473 e. The Morgan fingerprint density at radius 1 is 1.14 bits per heavy atom. The first-order valence-corrected chi connectivity index (χ1v) is 10.8. The van der Waals surface area contributed by atoms with Crippen molar-refractivity contribution in [2.24, 2.45) is 0 Å². The van der Waals surface area contributed by atoms with Crippen molar-refractivity contribution in [2.75, 3.05) is 13.2 Å². The average Bonchev–Trinajstić information content (AvgIpc) is 2.62. The fourth-order valence-electron chi connectivity index (χ4n) is 2.30. The second-order valence-corrected chi connectivity index (χ2v) is 9.27. The highest BCUT2D eigenvalue weighted by atomic mass is 79.9. The number of pyridine rings is 1. The number of carbonyl (C=O) groups excluding carboxylic acids is 1. The minimum Gasteiger partial charge on any atom is -0.473 e. The van der Waals surface area contributed by atoms with E-state index >= 15 is 0 Å². The zero-order valence-corrected chi connectivity index (χ0v) is 20.2. The van der Waals surface area contributed by atoms with Crippen LogP contribution in [0.5, 0.6) is 5.88 Å². The Hall–Kier alpha value is -1.64. The lowest BCUT2D eigenvalue weighted by molar-refractivity contribution is -0.00960. The van der Waals surface area contributed by atoms with Crippen LogP contribution in [-0.4, -0.2) is 35.9 Å². The van der Waals surface area contributed by atoms with Crippen molar-refractivity contribution in [3.05, 3.63) is 56.6 Å². The molecule has 0 aliphatic heterocycles. The van der Waals surface area contributed by atoms with Gasteiger partial charge < -0.3 is 19.5 Å². The Bertz CT molecular complexity index is 810. The Kier molecular flexibility index (Phi) is 8.92. The van der Waals surface area contributed by atoms with Gasteiger partial charge in [-0.25, -0.2) is 9.78 Å². The van der Waals surface area contributed by atoms with Crippen molar-refractivity contribution < 1.29 is 19.0 Å². The molecule has 1 atom stereocenters. The van der Waals surface area contributed by atoms with Gasteiger partial charge in [0.1, 0.15) is 6.61 Å². The maximum Gasteiger partial charge on any atom is 0.408 e. The fourth-order valence-corrected chi connectivity index (χ4v) is 3.35. The average molecular weight is 530 g/mol. The third kappa shape index (κ3) is 8.72. The van der Waals surface area contributed by atoms with Gasteiger partial charge in [0.05, 0.1) is 23.4 Å². The van der Waals surface area contributed by atoms with E-state index in [0.717, 1.165) is 15.7 Å². The maximum atomic E-state index is 12.2. The molecule has 6 nitrogen and oxygen atoms in total. The number of nitrogens with zero attached hydrogens (tertiary/aromatic N) is 1. The third-order valence-electron chi connectivity index (χ3n) is 3.64. The molecule has 2 aromatic rings. The molecule has 0 spiro atoms. The van der Waals surface area contributed by atoms with E-state index in [2.05, 4.69) is 42.2 Å². The molecule has 8 heteroatoms. The second-order valence-electron chi connectivity index (χ2n) is 7.56. The van der Waals surface area contributed by atoms with Gasteiger partial charge in [0, 0.05) is 10.0 Å². The Morgan fingerprint density at radius 3 is 2.48 bits per heavy atom. The van der Waals surface area contributed by atoms with E-state index in [9.17, 15) is 4.79 Å². The lowest BCUT2D eigenvalue weighted by atomic mass is 10.1. The normalized spacial score (nSPS) is 12.3. The number of alkyl carbamates (subject to hydrolysis) is 1. The molecule has 0 aliphatic carbocycles. The maximum absolute atomic E-state index is 12.2. The smallest absolute Gasteiger partial charge is 0.408 e. The first-order valence-electron chi connectivity index (χ1n) is 9.20. The van der Waals surface area contributed by atoms with E-state index in [1.54, 1.807) is 0 Å². The van der Waals surface area contributed by atoms with Crippen molar-refractivity contribution in [3.8, 4) is 5.88 Å². The number of nitrogens with one attached hydrogen (secondary N) is 1. The molecule has 0 bridgehead atoms. The summed E-state index contributed by atoms with van der Waals surface area (Å²) in [6, 6.07) is 11.7. The van der Waals surface area contributed by atoms with Crippen LogP contribution in [0.15, 0.2) is 45.3 Å². The number of hydrogen-bond acceptors (Lipinski definition) is 5. The minimum atomic E-state index is -0.598. The van der Waals surface area contributed by atoms with Crippen LogP contribution in [0, 0.1) is 6.92 Å². The van der Waals surface area contributed by atoms with Crippen molar-refractivity contribution in [3.63, 3.8) is 0 Å². The summed E-state index contributed by atoms with van der Waals surface area (Å²) >= 11 is 6.87. The summed E-state index contributed by atoms with van der Waals surface area (Å²) in [4.78, 5) is 16.6. The first-order chi connectivity index (χ1) is 13.6. The number of halogens is 2. The summed E-state index contributed by atoms with van der Waals surface area (Å²) < 4.78 is 18.7. The van der Waals surface area contributed by atoms with Crippen molar-refractivity contribution in [1.82, 2.24) is 10.3 Å². The molecule has 2 rings (SSSR count). The summed E-state index contributed by atoms with van der Waals surface area (Å²) in [6.45, 7) is 8.25. The summed E-state index contributed by atoms with van der Waals surface area (Å²) in [5.74, 6) is 0.429. The summed E-state index contributed by atoms with van der Waals surface area (Å²) in [6.07, 6.45) is -1.12. The number of aryl methyl sites for hydroxylation is 1. The minimum absolute atomic E-state index is 0.110. The molecule has 1 amide bonds. The SMILES string of the molecule is Cc1nc(OC[C@H](COCc2ccccc2)OC(=O)NC(C)(C)C)c(Br)cc1Br. The third-order valence-corrected chi connectivity index (χ3v) is 5.02. The van der Waals surface area contributed by atoms with Gasteiger partial charge in [-0.05, 0) is 71.2 Å². The van der Waals surface area contributed by atoms with Crippen molar-refractivity contribution >= 4 is 38.0 Å². The lowest BCUT2D eigenvalue weighted by Crippen LogP contribution is -2.44. The van der Waals surface area contributed by atoms with E-state index in [-0.39, 0.29) is 13.2 Å². The van der Waals surface area contributed by atoms with Crippen LogP contribution in [0.2, 0.25) is 0 Å². The van der Waals surface area contributed by atoms with Crippen LogP contribution in [0.25, 0.3) is 0 Å². The van der Waals surface area contributed by atoms with Gasteiger partial charge >= 0.3 is 6.09 Å². The van der Waals surface area contributed by atoms with Gasteiger partial charge in [-0.2, -0.15) is 0 Å². The fraction of sp³-hybridized carbons (Fsp3) is 0.429. The number of benzene rings is 1. The van der Waals surface area contributed by atoms with Gasteiger partial charge in [-0.1, -0.05) is 30.3 Å². The van der Waals surface area contributed by atoms with E-state index in [4.69, 9.17) is 14.2 Å². The number of aromatic nitrogens is 1. The molecule has 29 heavy (non-hydrogen) atoms. The van der Waals surface area contributed by atoms with E-state index in [1.807, 2.05) is 64.1 Å². The zero-order valence-electron chi connectivity index (χ0n) is 17.0. The van der Waals surface area contributed by atoms with Crippen LogP contribution in [-0.2, 0) is 16.1 Å². The Morgan fingerprint density at radius 2 is 1.83 bits per heavy atom. The van der Waals surface area contributed by atoms with Gasteiger partial charge in [0.2, 0.25) is 5.88 Å². The predicted octanol–water partition coefficient (Wildman–Crippen LogP) is 5.40. The standard InChI is InChI=1S/C21H26Br2N2O4/c1-14-17(22)10-18(23)19(24-14)28-13-16(29-20(26)25-21(2,3)4)12-27-11-15-8-6-5-7-9-15/h5-10,16H,11-13H2,1-4H3,(H,25,26)/t16-/m0/s1. The highest BCUT2D eigenvalue weighted by Gasteiger charge is 2.21. The first kappa shape index (κ1) is 23.6. The topological polar surface area (TPSA) is 69.7 Å². The van der Waals surface area contributed by atoms with Crippen LogP contribution >= 0.6 is 31.9 Å². The number of rotatable bonds is 8. The molecule has 0 fully saturated rings. The number of ether oxygens (including phenoxy) is 3. The van der Waals surface area contributed by atoms with Crippen LogP contribution < -0.4 is 10.1 Å². The quantitative estimate of drug-likeness (QED) is 0.495. The van der Waals surface area contributed by atoms with E-state index in [0.29, 0.717) is 17.0 Å². The highest BCUT2D eigenvalue weighted by molar-refractivity contribution is 9.11. The number of amides is 1. The molecule has 1 heterocycles.